The Morgan fingerprint density at radius 3 is 2.38 bits per heavy atom. The molecule has 3 heteroatoms. The highest BCUT2D eigenvalue weighted by Gasteiger charge is 2.23. The molecule has 0 radical (unpaired) electrons. The third kappa shape index (κ3) is 3.34. The Balaban J connectivity index is 2.61. The Bertz CT molecular complexity index is 263. The van der Waals surface area contributed by atoms with Crippen LogP contribution in [-0.2, 0) is 4.79 Å². The zero-order valence-corrected chi connectivity index (χ0v) is 10.6. The molecule has 0 saturated carbocycles. The fourth-order valence-corrected chi connectivity index (χ4v) is 2.43. The molecule has 16 heavy (non-hydrogen) atoms. The monoisotopic (exact) mass is 225 g/mol. The molecule has 0 aromatic carbocycles. The average Bonchev–Trinajstić information content (AvgIpc) is 2.22. The van der Waals surface area contributed by atoms with Crippen molar-refractivity contribution in [1.29, 1.82) is 0 Å². The van der Waals surface area contributed by atoms with Crippen molar-refractivity contribution in [2.24, 2.45) is 0 Å². The van der Waals surface area contributed by atoms with Crippen molar-refractivity contribution >= 4 is 5.97 Å². The van der Waals surface area contributed by atoms with Crippen molar-refractivity contribution in [1.82, 2.24) is 4.90 Å². The smallest absolute Gasteiger partial charge is 0.331 e. The SMILES string of the molecule is CCC(=CCN1C(C)CCCC1C)C(=O)O. The Morgan fingerprint density at radius 1 is 1.38 bits per heavy atom. The quantitative estimate of drug-likeness (QED) is 0.748. The van der Waals surface area contributed by atoms with Crippen LogP contribution in [-0.4, -0.2) is 34.6 Å². The minimum absolute atomic E-state index is 0.532. The van der Waals surface area contributed by atoms with Crippen molar-refractivity contribution in [2.75, 3.05) is 6.54 Å². The highest BCUT2D eigenvalue weighted by molar-refractivity contribution is 5.86. The van der Waals surface area contributed by atoms with E-state index in [-0.39, 0.29) is 0 Å². The van der Waals surface area contributed by atoms with Gasteiger partial charge in [-0.05, 0) is 33.1 Å². The van der Waals surface area contributed by atoms with Gasteiger partial charge in [0.2, 0.25) is 0 Å². The van der Waals surface area contributed by atoms with Crippen LogP contribution in [0.3, 0.4) is 0 Å². The number of rotatable bonds is 4. The van der Waals surface area contributed by atoms with Crippen LogP contribution in [0.1, 0.15) is 46.5 Å². The molecule has 0 aromatic heterocycles. The van der Waals surface area contributed by atoms with Gasteiger partial charge < -0.3 is 5.11 Å². The molecule has 1 rings (SSSR count). The van der Waals surface area contributed by atoms with Crippen LogP contribution < -0.4 is 0 Å². The minimum atomic E-state index is -0.778. The molecule has 0 aromatic rings. The number of carboxylic acid groups (broad SMARTS) is 1. The van der Waals surface area contributed by atoms with E-state index in [0.29, 0.717) is 24.1 Å². The lowest BCUT2D eigenvalue weighted by Gasteiger charge is -2.38. The first-order valence-electron chi connectivity index (χ1n) is 6.24. The topological polar surface area (TPSA) is 40.5 Å². The summed E-state index contributed by atoms with van der Waals surface area (Å²) in [6.45, 7) is 7.13. The van der Waals surface area contributed by atoms with Crippen LogP contribution in [0, 0.1) is 0 Å². The van der Waals surface area contributed by atoms with Gasteiger partial charge in [-0.1, -0.05) is 19.4 Å². The van der Waals surface area contributed by atoms with Crippen molar-refractivity contribution < 1.29 is 9.90 Å². The summed E-state index contributed by atoms with van der Waals surface area (Å²) in [4.78, 5) is 13.3. The van der Waals surface area contributed by atoms with Crippen LogP contribution in [0.2, 0.25) is 0 Å². The molecule has 1 heterocycles. The van der Waals surface area contributed by atoms with Crippen LogP contribution in [0.5, 0.6) is 0 Å². The third-order valence-electron chi connectivity index (χ3n) is 3.58. The predicted octanol–water partition coefficient (Wildman–Crippen LogP) is 2.67. The van der Waals surface area contributed by atoms with Gasteiger partial charge in [-0.25, -0.2) is 4.79 Å². The van der Waals surface area contributed by atoms with Gasteiger partial charge in [0.25, 0.3) is 0 Å². The second-order valence-electron chi connectivity index (χ2n) is 4.71. The first-order chi connectivity index (χ1) is 7.56. The number of hydrogen-bond donors (Lipinski definition) is 1. The summed E-state index contributed by atoms with van der Waals surface area (Å²) in [5.74, 6) is -0.778. The molecule has 2 atom stereocenters. The fraction of sp³-hybridized carbons (Fsp3) is 0.769. The molecule has 3 nitrogen and oxygen atoms in total. The minimum Gasteiger partial charge on any atom is -0.478 e. The van der Waals surface area contributed by atoms with Gasteiger partial charge in [0, 0.05) is 24.2 Å². The first kappa shape index (κ1) is 13.2. The van der Waals surface area contributed by atoms with Gasteiger partial charge >= 0.3 is 5.97 Å². The van der Waals surface area contributed by atoms with Gasteiger partial charge in [-0.15, -0.1) is 0 Å². The summed E-state index contributed by atoms with van der Waals surface area (Å²) in [5.41, 5.74) is 0.532. The summed E-state index contributed by atoms with van der Waals surface area (Å²) in [7, 11) is 0. The van der Waals surface area contributed by atoms with Crippen molar-refractivity contribution in [3.63, 3.8) is 0 Å². The van der Waals surface area contributed by atoms with Gasteiger partial charge in [0.1, 0.15) is 0 Å². The van der Waals surface area contributed by atoms with E-state index in [1.807, 2.05) is 13.0 Å². The Kier molecular flexibility index (Phi) is 5.00. The zero-order chi connectivity index (χ0) is 12.1. The maximum Gasteiger partial charge on any atom is 0.331 e. The third-order valence-corrected chi connectivity index (χ3v) is 3.58. The molecule has 0 spiro atoms. The lowest BCUT2D eigenvalue weighted by atomic mass is 9.97. The Labute approximate surface area is 98.1 Å². The molecule has 2 unspecified atom stereocenters. The molecular formula is C13H23NO2. The van der Waals surface area contributed by atoms with Crippen LogP contribution in [0.15, 0.2) is 11.6 Å². The van der Waals surface area contributed by atoms with E-state index in [0.717, 1.165) is 6.54 Å². The summed E-state index contributed by atoms with van der Waals surface area (Å²) >= 11 is 0. The molecule has 0 bridgehead atoms. The maximum absolute atomic E-state index is 10.9. The lowest BCUT2D eigenvalue weighted by molar-refractivity contribution is -0.132. The molecule has 0 amide bonds. The number of piperidine rings is 1. The van der Waals surface area contributed by atoms with Gasteiger partial charge in [-0.3, -0.25) is 4.90 Å². The Hall–Kier alpha value is -0.830. The van der Waals surface area contributed by atoms with E-state index in [9.17, 15) is 4.79 Å². The highest BCUT2D eigenvalue weighted by Crippen LogP contribution is 2.22. The van der Waals surface area contributed by atoms with Crippen LogP contribution >= 0.6 is 0 Å². The second-order valence-corrected chi connectivity index (χ2v) is 4.71. The molecule has 1 aliphatic heterocycles. The van der Waals surface area contributed by atoms with E-state index in [1.54, 1.807) is 0 Å². The normalized spacial score (nSPS) is 28.1. The van der Waals surface area contributed by atoms with Gasteiger partial charge in [0.05, 0.1) is 0 Å². The van der Waals surface area contributed by atoms with Gasteiger partial charge in [0.15, 0.2) is 0 Å². The molecule has 0 aliphatic carbocycles. The molecule has 1 N–H and O–H groups in total. The van der Waals surface area contributed by atoms with Crippen LogP contribution in [0.4, 0.5) is 0 Å². The van der Waals surface area contributed by atoms with Crippen LogP contribution in [0.25, 0.3) is 0 Å². The molecular weight excluding hydrogens is 202 g/mol. The number of hydrogen-bond acceptors (Lipinski definition) is 2. The number of nitrogens with zero attached hydrogens (tertiary/aromatic N) is 1. The standard InChI is InChI=1S/C13H23NO2/c1-4-12(13(15)16)8-9-14-10(2)6-5-7-11(14)3/h8,10-11H,4-7,9H2,1-3H3,(H,15,16). The summed E-state index contributed by atoms with van der Waals surface area (Å²) in [6, 6.07) is 1.15. The summed E-state index contributed by atoms with van der Waals surface area (Å²) in [5, 5.41) is 8.95. The van der Waals surface area contributed by atoms with E-state index < -0.39 is 5.97 Å². The highest BCUT2D eigenvalue weighted by atomic mass is 16.4. The van der Waals surface area contributed by atoms with E-state index >= 15 is 0 Å². The molecule has 1 fully saturated rings. The molecule has 1 aliphatic rings. The average molecular weight is 225 g/mol. The lowest BCUT2D eigenvalue weighted by Crippen LogP contribution is -2.43. The van der Waals surface area contributed by atoms with Crippen molar-refractivity contribution in [3.05, 3.63) is 11.6 Å². The van der Waals surface area contributed by atoms with E-state index in [2.05, 4.69) is 18.7 Å². The Morgan fingerprint density at radius 2 is 1.94 bits per heavy atom. The van der Waals surface area contributed by atoms with Gasteiger partial charge in [-0.2, -0.15) is 0 Å². The first-order valence-corrected chi connectivity index (χ1v) is 6.24. The second kappa shape index (κ2) is 6.04. The summed E-state index contributed by atoms with van der Waals surface area (Å²) in [6.07, 6.45) is 6.23. The number of aliphatic carboxylic acids is 1. The predicted molar refractivity (Wildman–Crippen MR) is 65.5 cm³/mol. The number of likely N-dealkylation sites (tertiary alicyclic amines) is 1. The molecule has 92 valence electrons. The number of carboxylic acids is 1. The van der Waals surface area contributed by atoms with E-state index in [1.165, 1.54) is 19.3 Å². The fourth-order valence-electron chi connectivity index (χ4n) is 2.43. The zero-order valence-electron chi connectivity index (χ0n) is 10.6. The van der Waals surface area contributed by atoms with Crippen molar-refractivity contribution in [3.8, 4) is 0 Å². The maximum atomic E-state index is 10.9. The summed E-state index contributed by atoms with van der Waals surface area (Å²) < 4.78 is 0. The number of carbonyl (C=O) groups is 1. The molecule has 1 saturated heterocycles. The van der Waals surface area contributed by atoms with E-state index in [4.69, 9.17) is 5.11 Å². The van der Waals surface area contributed by atoms with Crippen molar-refractivity contribution in [2.45, 2.75) is 58.5 Å². The largest absolute Gasteiger partial charge is 0.478 e.